The van der Waals surface area contributed by atoms with E-state index in [-0.39, 0.29) is 22.4 Å². The van der Waals surface area contributed by atoms with Gasteiger partial charge in [-0.05, 0) is 54.8 Å². The van der Waals surface area contributed by atoms with Crippen LogP contribution in [0.3, 0.4) is 0 Å². The van der Waals surface area contributed by atoms with Crippen LogP contribution in [0, 0.1) is 0 Å². The van der Waals surface area contributed by atoms with Crippen LogP contribution in [-0.2, 0) is 16.6 Å². The van der Waals surface area contributed by atoms with Crippen LogP contribution in [0.1, 0.15) is 22.8 Å². The summed E-state index contributed by atoms with van der Waals surface area (Å²) < 4.78 is 25.9. The molecule has 0 unspecified atom stereocenters. The van der Waals surface area contributed by atoms with Gasteiger partial charge in [0.25, 0.3) is 5.91 Å². The molecule has 9 heteroatoms. The molecule has 0 aliphatic carbocycles. The molecule has 0 aliphatic heterocycles. The normalized spacial score (nSPS) is 11.3. The van der Waals surface area contributed by atoms with Gasteiger partial charge in [0.15, 0.2) is 0 Å². The second kappa shape index (κ2) is 10.3. The molecule has 31 heavy (non-hydrogen) atoms. The molecule has 3 rings (SSSR count). The molecular formula is C22H22ClN3O3S2. The smallest absolute Gasteiger partial charge is 0.253 e. The SMILES string of the molecule is CCSc1ccc(-c2ccc(C(=O)NCc3ccc(S(=O)(=O)NC)cc3Cl)cn2)cc1. The van der Waals surface area contributed by atoms with Gasteiger partial charge in [-0.25, -0.2) is 13.1 Å². The van der Waals surface area contributed by atoms with Gasteiger partial charge in [0.1, 0.15) is 0 Å². The fourth-order valence-corrected chi connectivity index (χ4v) is 4.55. The third-order valence-corrected chi connectivity index (χ3v) is 7.19. The first-order valence-corrected chi connectivity index (χ1v) is 12.4. The summed E-state index contributed by atoms with van der Waals surface area (Å²) in [6, 6.07) is 16.0. The van der Waals surface area contributed by atoms with Crippen molar-refractivity contribution in [1.82, 2.24) is 15.0 Å². The number of nitrogens with zero attached hydrogens (tertiary/aromatic N) is 1. The minimum atomic E-state index is -3.58. The predicted octanol–water partition coefficient (Wildman–Crippen LogP) is 4.35. The van der Waals surface area contributed by atoms with Gasteiger partial charge in [-0.15, -0.1) is 11.8 Å². The number of carbonyl (C=O) groups excluding carboxylic acids is 1. The van der Waals surface area contributed by atoms with Crippen molar-refractivity contribution in [3.8, 4) is 11.3 Å². The molecule has 0 saturated carbocycles. The number of sulfonamides is 1. The Labute approximate surface area is 191 Å². The van der Waals surface area contributed by atoms with Crippen LogP contribution in [0.2, 0.25) is 5.02 Å². The zero-order valence-electron chi connectivity index (χ0n) is 17.1. The van der Waals surface area contributed by atoms with Crippen LogP contribution in [0.25, 0.3) is 11.3 Å². The van der Waals surface area contributed by atoms with Gasteiger partial charge >= 0.3 is 0 Å². The molecule has 1 amide bonds. The Morgan fingerprint density at radius 1 is 1.10 bits per heavy atom. The van der Waals surface area contributed by atoms with E-state index in [1.165, 1.54) is 30.3 Å². The molecular weight excluding hydrogens is 454 g/mol. The lowest BCUT2D eigenvalue weighted by Gasteiger charge is -2.09. The van der Waals surface area contributed by atoms with Crippen LogP contribution in [0.15, 0.2) is 70.6 Å². The molecule has 0 spiro atoms. The number of thioether (sulfide) groups is 1. The van der Waals surface area contributed by atoms with E-state index in [1.807, 2.05) is 12.1 Å². The highest BCUT2D eigenvalue weighted by molar-refractivity contribution is 7.99. The molecule has 2 aromatic carbocycles. The zero-order chi connectivity index (χ0) is 22.4. The van der Waals surface area contributed by atoms with Crippen molar-refractivity contribution in [2.24, 2.45) is 0 Å². The number of pyridine rings is 1. The maximum absolute atomic E-state index is 12.5. The van der Waals surface area contributed by atoms with E-state index in [2.05, 4.69) is 34.1 Å². The molecule has 1 heterocycles. The van der Waals surface area contributed by atoms with Gasteiger partial charge in [-0.3, -0.25) is 9.78 Å². The number of halogens is 1. The van der Waals surface area contributed by atoms with E-state index in [1.54, 1.807) is 30.0 Å². The van der Waals surface area contributed by atoms with Crippen molar-refractivity contribution < 1.29 is 13.2 Å². The molecule has 6 nitrogen and oxygen atoms in total. The van der Waals surface area contributed by atoms with E-state index in [0.717, 1.165) is 17.0 Å². The molecule has 0 atom stereocenters. The second-order valence-corrected chi connectivity index (χ2v) is 10.2. The molecule has 0 aliphatic rings. The number of carbonyl (C=O) groups is 1. The number of hydrogen-bond acceptors (Lipinski definition) is 5. The lowest BCUT2D eigenvalue weighted by atomic mass is 10.1. The minimum Gasteiger partial charge on any atom is -0.348 e. The lowest BCUT2D eigenvalue weighted by molar-refractivity contribution is 0.0950. The quantitative estimate of drug-likeness (QED) is 0.473. The average molecular weight is 476 g/mol. The summed E-state index contributed by atoms with van der Waals surface area (Å²) in [5.74, 6) is 0.725. The van der Waals surface area contributed by atoms with E-state index < -0.39 is 10.0 Å². The van der Waals surface area contributed by atoms with E-state index in [9.17, 15) is 13.2 Å². The first kappa shape index (κ1) is 23.3. The first-order valence-electron chi connectivity index (χ1n) is 9.53. The fraction of sp³-hybridized carbons (Fsp3) is 0.182. The molecule has 1 aromatic heterocycles. The number of hydrogen-bond donors (Lipinski definition) is 2. The molecule has 162 valence electrons. The van der Waals surface area contributed by atoms with Gasteiger partial charge < -0.3 is 5.32 Å². The van der Waals surface area contributed by atoms with Crippen LogP contribution < -0.4 is 10.0 Å². The second-order valence-electron chi connectivity index (χ2n) is 6.53. The summed E-state index contributed by atoms with van der Waals surface area (Å²) in [5, 5.41) is 3.04. The number of aromatic nitrogens is 1. The fourth-order valence-electron chi connectivity index (χ4n) is 2.82. The Hall–Kier alpha value is -2.39. The minimum absolute atomic E-state index is 0.0659. The van der Waals surface area contributed by atoms with Crippen LogP contribution in [-0.4, -0.2) is 32.1 Å². The Morgan fingerprint density at radius 3 is 2.42 bits per heavy atom. The van der Waals surface area contributed by atoms with Gasteiger partial charge in [-0.1, -0.05) is 36.7 Å². The van der Waals surface area contributed by atoms with Crippen LogP contribution >= 0.6 is 23.4 Å². The van der Waals surface area contributed by atoms with Crippen molar-refractivity contribution in [3.05, 3.63) is 76.9 Å². The summed E-state index contributed by atoms with van der Waals surface area (Å²) in [6.07, 6.45) is 1.53. The van der Waals surface area contributed by atoms with Crippen molar-refractivity contribution >= 4 is 39.3 Å². The van der Waals surface area contributed by atoms with E-state index in [0.29, 0.717) is 11.1 Å². The van der Waals surface area contributed by atoms with Crippen molar-refractivity contribution in [2.45, 2.75) is 23.3 Å². The van der Waals surface area contributed by atoms with Gasteiger partial charge in [0, 0.05) is 28.2 Å². The number of nitrogens with one attached hydrogen (secondary N) is 2. The lowest BCUT2D eigenvalue weighted by Crippen LogP contribution is -2.23. The van der Waals surface area contributed by atoms with Crippen molar-refractivity contribution in [3.63, 3.8) is 0 Å². The molecule has 0 bridgehead atoms. The molecule has 0 fully saturated rings. The topological polar surface area (TPSA) is 88.2 Å². The zero-order valence-corrected chi connectivity index (χ0v) is 19.4. The van der Waals surface area contributed by atoms with Crippen LogP contribution in [0.5, 0.6) is 0 Å². The third kappa shape index (κ3) is 5.86. The van der Waals surface area contributed by atoms with Gasteiger partial charge in [-0.2, -0.15) is 0 Å². The maximum atomic E-state index is 12.5. The maximum Gasteiger partial charge on any atom is 0.253 e. The standard InChI is InChI=1S/C22H22ClN3O3S2/c1-3-30-18-8-4-15(5-9-18)21-11-7-17(14-25-21)22(27)26-13-16-6-10-19(12-20(16)23)31(28,29)24-2/h4-12,14,24H,3,13H2,1-2H3,(H,26,27). The number of benzene rings is 2. The predicted molar refractivity (Wildman–Crippen MR) is 125 cm³/mol. The summed E-state index contributed by atoms with van der Waals surface area (Å²) in [5.41, 5.74) is 2.80. The summed E-state index contributed by atoms with van der Waals surface area (Å²) in [4.78, 5) is 18.1. The van der Waals surface area contributed by atoms with Crippen LogP contribution in [0.4, 0.5) is 0 Å². The highest BCUT2D eigenvalue weighted by Gasteiger charge is 2.14. The summed E-state index contributed by atoms with van der Waals surface area (Å²) in [6.45, 7) is 2.27. The number of amides is 1. The first-order chi connectivity index (χ1) is 14.8. The number of rotatable bonds is 8. The third-order valence-electron chi connectivity index (χ3n) is 4.53. The van der Waals surface area contributed by atoms with Gasteiger partial charge in [0.2, 0.25) is 10.0 Å². The monoisotopic (exact) mass is 475 g/mol. The molecule has 0 radical (unpaired) electrons. The molecule has 2 N–H and O–H groups in total. The largest absolute Gasteiger partial charge is 0.348 e. The summed E-state index contributed by atoms with van der Waals surface area (Å²) in [7, 11) is -2.24. The Morgan fingerprint density at radius 2 is 1.84 bits per heavy atom. The Kier molecular flexibility index (Phi) is 7.72. The van der Waals surface area contributed by atoms with Crippen molar-refractivity contribution in [1.29, 1.82) is 0 Å². The van der Waals surface area contributed by atoms with E-state index >= 15 is 0 Å². The van der Waals surface area contributed by atoms with E-state index in [4.69, 9.17) is 11.6 Å². The van der Waals surface area contributed by atoms with Crippen molar-refractivity contribution in [2.75, 3.05) is 12.8 Å². The van der Waals surface area contributed by atoms with Gasteiger partial charge in [0.05, 0.1) is 16.2 Å². The Balaban J connectivity index is 1.65. The average Bonchev–Trinajstić information content (AvgIpc) is 2.79. The molecule has 3 aromatic rings. The highest BCUT2D eigenvalue weighted by atomic mass is 35.5. The Bertz CT molecular complexity index is 1170. The highest BCUT2D eigenvalue weighted by Crippen LogP contribution is 2.23. The summed E-state index contributed by atoms with van der Waals surface area (Å²) >= 11 is 7.96. The molecule has 0 saturated heterocycles.